The van der Waals surface area contributed by atoms with Crippen LogP contribution >= 0.6 is 0 Å². The molecule has 0 radical (unpaired) electrons. The third kappa shape index (κ3) is 3.47. The number of carbonyl (C=O) groups excluding carboxylic acids is 2. The van der Waals surface area contributed by atoms with E-state index in [2.05, 4.69) is 16.9 Å². The number of para-hydroxylation sites is 1. The fraction of sp³-hybridized carbons (Fsp3) is 0.429. The van der Waals surface area contributed by atoms with E-state index in [4.69, 9.17) is 0 Å². The Morgan fingerprint density at radius 2 is 1.95 bits per heavy atom. The molecule has 102 valence electrons. The number of anilines is 1. The number of aryl methyl sites for hydroxylation is 1. The van der Waals surface area contributed by atoms with E-state index in [1.165, 1.54) is 5.56 Å². The van der Waals surface area contributed by atoms with Gasteiger partial charge in [-0.15, -0.1) is 0 Å². The van der Waals surface area contributed by atoms with Gasteiger partial charge in [0.2, 0.25) is 5.91 Å². The average Bonchev–Trinajstić information content (AvgIpc) is 2.45. The van der Waals surface area contributed by atoms with Gasteiger partial charge in [-0.1, -0.05) is 25.1 Å². The van der Waals surface area contributed by atoms with Crippen molar-refractivity contribution in [2.75, 3.05) is 18.0 Å². The summed E-state index contributed by atoms with van der Waals surface area (Å²) < 4.78 is 0. The molecule has 5 heteroatoms. The van der Waals surface area contributed by atoms with E-state index in [1.807, 2.05) is 23.1 Å². The summed E-state index contributed by atoms with van der Waals surface area (Å²) in [5.41, 5.74) is 7.21. The maximum absolute atomic E-state index is 11.8. The molecule has 0 unspecified atom stereocenters. The van der Waals surface area contributed by atoms with Crippen molar-refractivity contribution < 1.29 is 9.59 Å². The Bertz CT molecular complexity index is 474. The molecule has 1 aromatic carbocycles. The minimum absolute atomic E-state index is 0.188. The van der Waals surface area contributed by atoms with E-state index in [0.717, 1.165) is 25.1 Å². The van der Waals surface area contributed by atoms with Gasteiger partial charge in [0, 0.05) is 18.7 Å². The monoisotopic (exact) mass is 261 g/mol. The zero-order valence-electron chi connectivity index (χ0n) is 11.1. The van der Waals surface area contributed by atoms with E-state index >= 15 is 0 Å². The number of benzene rings is 1. The molecule has 2 N–H and O–H groups in total. The molecule has 5 nitrogen and oxygen atoms in total. The van der Waals surface area contributed by atoms with Crippen LogP contribution in [0, 0.1) is 0 Å². The van der Waals surface area contributed by atoms with E-state index in [1.54, 1.807) is 6.92 Å². The largest absolute Gasteiger partial charge is 0.362 e. The Labute approximate surface area is 112 Å². The zero-order valence-corrected chi connectivity index (χ0v) is 11.1. The van der Waals surface area contributed by atoms with Crippen molar-refractivity contribution in [1.82, 2.24) is 10.9 Å². The number of nitrogens with one attached hydrogen (secondary N) is 2. The Morgan fingerprint density at radius 3 is 2.74 bits per heavy atom. The number of hydrogen-bond acceptors (Lipinski definition) is 3. The molecular formula is C14H19N3O2. The van der Waals surface area contributed by atoms with Crippen LogP contribution in [0.2, 0.25) is 0 Å². The third-order valence-corrected chi connectivity index (χ3v) is 3.20. The molecule has 0 aliphatic carbocycles. The Balaban J connectivity index is 1.93. The number of nitrogens with zero attached hydrogens (tertiary/aromatic N) is 1. The van der Waals surface area contributed by atoms with Crippen molar-refractivity contribution in [2.24, 2.45) is 0 Å². The first kappa shape index (κ1) is 13.4. The first-order valence-corrected chi connectivity index (χ1v) is 6.61. The molecule has 2 rings (SSSR count). The Kier molecular flexibility index (Phi) is 4.39. The van der Waals surface area contributed by atoms with Crippen LogP contribution in [-0.2, 0) is 16.0 Å². The summed E-state index contributed by atoms with van der Waals surface area (Å²) in [5.74, 6) is -0.383. The minimum atomic E-state index is -0.196. The first-order chi connectivity index (χ1) is 9.20. The highest BCUT2D eigenvalue weighted by Crippen LogP contribution is 2.25. The molecule has 0 spiro atoms. The highest BCUT2D eigenvalue weighted by Gasteiger charge is 2.18. The van der Waals surface area contributed by atoms with Gasteiger partial charge < -0.3 is 4.90 Å². The molecule has 2 amide bonds. The van der Waals surface area contributed by atoms with Crippen LogP contribution in [0.3, 0.4) is 0 Å². The predicted molar refractivity (Wildman–Crippen MR) is 73.6 cm³/mol. The van der Waals surface area contributed by atoms with Gasteiger partial charge in [-0.2, -0.15) is 0 Å². The van der Waals surface area contributed by atoms with Gasteiger partial charge in [-0.3, -0.25) is 20.4 Å². The SMILES string of the molecule is CCC(=O)NNC(=O)CN1CCCc2ccccc21. The smallest absolute Gasteiger partial charge is 0.257 e. The average molecular weight is 261 g/mol. The standard InChI is InChI=1S/C14H19N3O2/c1-2-13(18)15-16-14(19)10-17-9-5-7-11-6-3-4-8-12(11)17/h3-4,6,8H,2,5,7,9-10H2,1H3,(H,15,18)(H,16,19). The van der Waals surface area contributed by atoms with E-state index < -0.39 is 0 Å². The molecule has 0 fully saturated rings. The summed E-state index contributed by atoms with van der Waals surface area (Å²) in [4.78, 5) is 24.9. The summed E-state index contributed by atoms with van der Waals surface area (Å²) in [5, 5.41) is 0. The Morgan fingerprint density at radius 1 is 1.21 bits per heavy atom. The first-order valence-electron chi connectivity index (χ1n) is 6.61. The Hall–Kier alpha value is -2.04. The van der Waals surface area contributed by atoms with Crippen molar-refractivity contribution >= 4 is 17.5 Å². The van der Waals surface area contributed by atoms with Gasteiger partial charge in [0.15, 0.2) is 0 Å². The van der Waals surface area contributed by atoms with Gasteiger partial charge in [0.05, 0.1) is 6.54 Å². The lowest BCUT2D eigenvalue weighted by Crippen LogP contribution is -2.47. The van der Waals surface area contributed by atoms with E-state index in [9.17, 15) is 9.59 Å². The highest BCUT2D eigenvalue weighted by molar-refractivity contribution is 5.85. The summed E-state index contributed by atoms with van der Waals surface area (Å²) in [6.45, 7) is 2.87. The van der Waals surface area contributed by atoms with Crippen molar-refractivity contribution in [1.29, 1.82) is 0 Å². The molecule has 0 aromatic heterocycles. The van der Waals surface area contributed by atoms with Crippen LogP contribution in [-0.4, -0.2) is 24.9 Å². The lowest BCUT2D eigenvalue weighted by Gasteiger charge is -2.30. The molecule has 0 saturated heterocycles. The van der Waals surface area contributed by atoms with Gasteiger partial charge in [0.1, 0.15) is 0 Å². The highest BCUT2D eigenvalue weighted by atomic mass is 16.2. The number of rotatable bonds is 3. The number of hydrogen-bond donors (Lipinski definition) is 2. The molecular weight excluding hydrogens is 242 g/mol. The molecule has 1 aliphatic heterocycles. The second kappa shape index (κ2) is 6.22. The summed E-state index contributed by atoms with van der Waals surface area (Å²) in [6, 6.07) is 8.13. The van der Waals surface area contributed by atoms with Crippen LogP contribution in [0.15, 0.2) is 24.3 Å². The topological polar surface area (TPSA) is 61.4 Å². The van der Waals surface area contributed by atoms with Crippen LogP contribution in [0.25, 0.3) is 0 Å². The number of amides is 2. The van der Waals surface area contributed by atoms with Gasteiger partial charge in [0.25, 0.3) is 5.91 Å². The van der Waals surface area contributed by atoms with Crippen molar-refractivity contribution in [3.05, 3.63) is 29.8 Å². The van der Waals surface area contributed by atoms with Gasteiger partial charge in [-0.05, 0) is 24.5 Å². The number of hydrazine groups is 1. The van der Waals surface area contributed by atoms with Crippen molar-refractivity contribution in [2.45, 2.75) is 26.2 Å². The predicted octanol–water partition coefficient (Wildman–Crippen LogP) is 0.997. The van der Waals surface area contributed by atoms with Crippen LogP contribution in [0.5, 0.6) is 0 Å². The van der Waals surface area contributed by atoms with E-state index in [0.29, 0.717) is 6.42 Å². The molecule has 1 heterocycles. The molecule has 0 saturated carbocycles. The second-order valence-corrected chi connectivity index (χ2v) is 4.60. The fourth-order valence-corrected chi connectivity index (χ4v) is 2.22. The summed E-state index contributed by atoms with van der Waals surface area (Å²) >= 11 is 0. The van der Waals surface area contributed by atoms with Crippen LogP contribution < -0.4 is 15.8 Å². The summed E-state index contributed by atoms with van der Waals surface area (Å²) in [6.07, 6.45) is 2.46. The molecule has 0 atom stereocenters. The van der Waals surface area contributed by atoms with Crippen molar-refractivity contribution in [3.8, 4) is 0 Å². The van der Waals surface area contributed by atoms with Gasteiger partial charge >= 0.3 is 0 Å². The summed E-state index contributed by atoms with van der Waals surface area (Å²) in [7, 11) is 0. The van der Waals surface area contributed by atoms with Crippen LogP contribution in [0.4, 0.5) is 5.69 Å². The quantitative estimate of drug-likeness (QED) is 0.798. The fourth-order valence-electron chi connectivity index (χ4n) is 2.22. The van der Waals surface area contributed by atoms with Crippen molar-refractivity contribution in [3.63, 3.8) is 0 Å². The zero-order chi connectivity index (χ0) is 13.7. The number of fused-ring (bicyclic) bond motifs is 1. The van der Waals surface area contributed by atoms with Gasteiger partial charge in [-0.25, -0.2) is 0 Å². The molecule has 0 bridgehead atoms. The number of carbonyl (C=O) groups is 2. The molecule has 1 aromatic rings. The lowest BCUT2D eigenvalue weighted by atomic mass is 10.0. The van der Waals surface area contributed by atoms with Crippen LogP contribution in [0.1, 0.15) is 25.3 Å². The second-order valence-electron chi connectivity index (χ2n) is 4.60. The lowest BCUT2D eigenvalue weighted by molar-refractivity contribution is -0.128. The minimum Gasteiger partial charge on any atom is -0.362 e. The van der Waals surface area contributed by atoms with E-state index in [-0.39, 0.29) is 18.4 Å². The maximum atomic E-state index is 11.8. The molecule has 19 heavy (non-hydrogen) atoms. The maximum Gasteiger partial charge on any atom is 0.257 e. The molecule has 1 aliphatic rings. The normalized spacial score (nSPS) is 13.6. The third-order valence-electron chi connectivity index (χ3n) is 3.20.